The van der Waals surface area contributed by atoms with Gasteiger partial charge < -0.3 is 10.1 Å². The molecule has 228 valence electrons. The number of oxime groups is 1. The summed E-state index contributed by atoms with van der Waals surface area (Å²) < 4.78 is 56.0. The second kappa shape index (κ2) is 11.5. The smallest absolute Gasteiger partial charge is 0.243 e. The lowest BCUT2D eigenvalue weighted by atomic mass is 9.77. The highest BCUT2D eigenvalue weighted by molar-refractivity contribution is 7.92. The van der Waals surface area contributed by atoms with Gasteiger partial charge in [-0.05, 0) is 78.5 Å². The summed E-state index contributed by atoms with van der Waals surface area (Å²) in [5.74, 6) is 0. The van der Waals surface area contributed by atoms with Crippen molar-refractivity contribution < 1.29 is 22.0 Å². The van der Waals surface area contributed by atoms with Crippen LogP contribution in [0.3, 0.4) is 0 Å². The third-order valence-corrected chi connectivity index (χ3v) is 13.6. The van der Waals surface area contributed by atoms with E-state index in [-0.39, 0.29) is 20.9 Å². The van der Waals surface area contributed by atoms with Gasteiger partial charge in [0.2, 0.25) is 10.0 Å². The molecule has 0 atom stereocenters. The molecule has 1 saturated heterocycles. The second-order valence-electron chi connectivity index (χ2n) is 12.8. The summed E-state index contributed by atoms with van der Waals surface area (Å²) in [6, 6.07) is 20.1. The fourth-order valence-corrected chi connectivity index (χ4v) is 9.88. The number of fused-ring (bicyclic) bond motifs is 3. The Kier molecular flexibility index (Phi) is 8.00. The summed E-state index contributed by atoms with van der Waals surface area (Å²) in [4.78, 5) is 2.63. The van der Waals surface area contributed by atoms with Gasteiger partial charge >= 0.3 is 0 Å². The highest BCUT2D eigenvalue weighted by Crippen LogP contribution is 2.42. The largest absolute Gasteiger partial charge is 0.410 e. The van der Waals surface area contributed by atoms with E-state index in [4.69, 9.17) is 0 Å². The quantitative estimate of drug-likeness (QED) is 0.225. The van der Waals surface area contributed by atoms with Gasteiger partial charge in [-0.15, -0.1) is 0 Å². The van der Waals surface area contributed by atoms with Gasteiger partial charge in [0, 0.05) is 43.9 Å². The van der Waals surface area contributed by atoms with Gasteiger partial charge in [0.05, 0.1) is 15.0 Å². The average Bonchev–Trinajstić information content (AvgIpc) is 3.33. The molecule has 2 fully saturated rings. The maximum absolute atomic E-state index is 13.7. The first kappa shape index (κ1) is 30.0. The lowest BCUT2D eigenvalue weighted by Gasteiger charge is -2.34. The van der Waals surface area contributed by atoms with Gasteiger partial charge in [0.1, 0.15) is 5.71 Å². The van der Waals surface area contributed by atoms with Crippen molar-refractivity contribution in [2.75, 3.05) is 32.7 Å². The molecule has 0 spiro atoms. The predicted octanol–water partition coefficient (Wildman–Crippen LogP) is 5.19. The summed E-state index contributed by atoms with van der Waals surface area (Å²) in [6.07, 6.45) is 3.88. The molecular formula is C33H39N3O5S2. The van der Waals surface area contributed by atoms with E-state index in [1.807, 2.05) is 18.2 Å². The van der Waals surface area contributed by atoms with Crippen LogP contribution < -0.4 is 0 Å². The lowest BCUT2D eigenvalue weighted by molar-refractivity contribution is 0.190. The van der Waals surface area contributed by atoms with Crippen molar-refractivity contribution in [2.24, 2.45) is 10.6 Å². The molecule has 1 aliphatic heterocycles. The highest BCUT2D eigenvalue weighted by Gasteiger charge is 2.37. The average molecular weight is 622 g/mol. The number of benzene rings is 3. The molecule has 3 aromatic rings. The minimum absolute atomic E-state index is 0.135. The molecule has 2 aliphatic carbocycles. The first-order valence-electron chi connectivity index (χ1n) is 15.0. The second-order valence-corrected chi connectivity index (χ2v) is 16.9. The van der Waals surface area contributed by atoms with Crippen LogP contribution in [0.5, 0.6) is 0 Å². The van der Waals surface area contributed by atoms with Crippen LogP contribution in [0.25, 0.3) is 11.1 Å². The van der Waals surface area contributed by atoms with Crippen LogP contribution in [0, 0.1) is 5.41 Å². The van der Waals surface area contributed by atoms with Crippen molar-refractivity contribution in [3.63, 3.8) is 0 Å². The van der Waals surface area contributed by atoms with Crippen LogP contribution in [0.2, 0.25) is 0 Å². The summed E-state index contributed by atoms with van der Waals surface area (Å²) in [5.41, 5.74) is 4.02. The lowest BCUT2D eigenvalue weighted by Crippen LogP contribution is -2.49. The number of nitrogens with zero attached hydrogens (tertiary/aromatic N) is 3. The molecule has 6 rings (SSSR count). The van der Waals surface area contributed by atoms with Crippen LogP contribution >= 0.6 is 0 Å². The summed E-state index contributed by atoms with van der Waals surface area (Å²) >= 11 is 0. The van der Waals surface area contributed by atoms with E-state index in [1.54, 1.807) is 36.4 Å². The third kappa shape index (κ3) is 5.78. The van der Waals surface area contributed by atoms with Crippen molar-refractivity contribution in [1.29, 1.82) is 0 Å². The maximum atomic E-state index is 13.7. The zero-order chi connectivity index (χ0) is 30.4. The molecule has 1 N–H and O–H groups in total. The SMILES string of the molecule is CC1(C)CCC(S(=O)(=O)c2ccc3c(c2)/C(=N/O)c2cc(S(=O)(=O)N4CCN(CCc5ccccc5)CC4)ccc2-3)CC1. The number of piperazine rings is 1. The van der Waals surface area contributed by atoms with Crippen molar-refractivity contribution >= 4 is 25.6 Å². The topological polar surface area (TPSA) is 107 Å². The molecule has 0 amide bonds. The molecule has 3 aliphatic rings. The standard InChI is InChI=1S/C33H39N3O5S2/c1-33(2)15-12-25(13-16-33)42(38,39)26-8-10-28-29-11-9-27(23-31(29)32(34-37)30(28)22-26)43(40,41)36-20-18-35(19-21-36)17-14-24-6-4-3-5-7-24/h3-11,22-23,25,37H,12-21H2,1-2H3/b34-32-. The Bertz CT molecular complexity index is 1750. The highest BCUT2D eigenvalue weighted by atomic mass is 32.2. The Labute approximate surface area is 255 Å². The molecule has 10 heteroatoms. The van der Waals surface area contributed by atoms with E-state index >= 15 is 0 Å². The van der Waals surface area contributed by atoms with Crippen molar-refractivity contribution in [2.45, 2.75) is 61.0 Å². The van der Waals surface area contributed by atoms with E-state index in [1.165, 1.54) is 9.87 Å². The monoisotopic (exact) mass is 621 g/mol. The minimum Gasteiger partial charge on any atom is -0.410 e. The molecule has 0 bridgehead atoms. The van der Waals surface area contributed by atoms with Gasteiger partial charge in [0.15, 0.2) is 9.84 Å². The fraction of sp³-hybridized carbons (Fsp3) is 0.424. The van der Waals surface area contributed by atoms with Crippen LogP contribution in [0.15, 0.2) is 81.7 Å². The Morgan fingerprint density at radius 2 is 1.37 bits per heavy atom. The van der Waals surface area contributed by atoms with Crippen molar-refractivity contribution in [1.82, 2.24) is 9.21 Å². The fourth-order valence-electron chi connectivity index (χ4n) is 6.65. The molecule has 0 radical (unpaired) electrons. The van der Waals surface area contributed by atoms with Crippen molar-refractivity contribution in [3.8, 4) is 11.1 Å². The van der Waals surface area contributed by atoms with E-state index < -0.39 is 25.1 Å². The molecule has 0 aromatic heterocycles. The van der Waals surface area contributed by atoms with E-state index in [0.29, 0.717) is 50.1 Å². The van der Waals surface area contributed by atoms with Gasteiger partial charge in [-0.25, -0.2) is 16.8 Å². The van der Waals surface area contributed by atoms with E-state index in [0.717, 1.165) is 36.9 Å². The molecule has 0 unspecified atom stereocenters. The number of hydrogen-bond donors (Lipinski definition) is 1. The van der Waals surface area contributed by atoms with Crippen LogP contribution in [-0.2, 0) is 26.3 Å². The molecule has 1 heterocycles. The summed E-state index contributed by atoms with van der Waals surface area (Å²) in [5, 5.41) is 13.1. The molecule has 3 aromatic carbocycles. The normalized spacial score (nSPS) is 20.7. The number of hydrogen-bond acceptors (Lipinski definition) is 7. The first-order chi connectivity index (χ1) is 20.5. The van der Waals surface area contributed by atoms with Crippen LogP contribution in [-0.4, -0.2) is 74.9 Å². The van der Waals surface area contributed by atoms with Crippen LogP contribution in [0.4, 0.5) is 0 Å². The molecular weight excluding hydrogens is 583 g/mol. The zero-order valence-corrected chi connectivity index (χ0v) is 26.4. The van der Waals surface area contributed by atoms with Crippen LogP contribution in [0.1, 0.15) is 56.2 Å². The van der Waals surface area contributed by atoms with Crippen molar-refractivity contribution in [3.05, 3.63) is 83.4 Å². The molecule has 43 heavy (non-hydrogen) atoms. The molecule has 1 saturated carbocycles. The predicted molar refractivity (Wildman–Crippen MR) is 168 cm³/mol. The zero-order valence-electron chi connectivity index (χ0n) is 24.7. The summed E-state index contributed by atoms with van der Waals surface area (Å²) in [7, 11) is -7.34. The molecule has 8 nitrogen and oxygen atoms in total. The number of rotatable bonds is 7. The van der Waals surface area contributed by atoms with E-state index in [2.05, 4.69) is 36.0 Å². The number of sulfonamides is 1. The summed E-state index contributed by atoms with van der Waals surface area (Å²) in [6.45, 7) is 7.33. The Morgan fingerprint density at radius 3 is 1.98 bits per heavy atom. The Hall–Kier alpha value is -3.05. The van der Waals surface area contributed by atoms with Gasteiger partial charge in [-0.3, -0.25) is 0 Å². The Morgan fingerprint density at radius 1 is 0.791 bits per heavy atom. The third-order valence-electron chi connectivity index (χ3n) is 9.46. The maximum Gasteiger partial charge on any atom is 0.243 e. The van der Waals surface area contributed by atoms with E-state index in [9.17, 15) is 22.0 Å². The Balaban J connectivity index is 1.19. The minimum atomic E-state index is -3.77. The van der Waals surface area contributed by atoms with Gasteiger partial charge in [-0.1, -0.05) is 61.5 Å². The van der Waals surface area contributed by atoms with Gasteiger partial charge in [-0.2, -0.15) is 4.31 Å². The van der Waals surface area contributed by atoms with Gasteiger partial charge in [0.25, 0.3) is 0 Å². The first-order valence-corrected chi connectivity index (χ1v) is 18.0. The number of sulfone groups is 1.